The first-order chi connectivity index (χ1) is 9.60. The van der Waals surface area contributed by atoms with Gasteiger partial charge in [-0.05, 0) is 49.8 Å². The van der Waals surface area contributed by atoms with Crippen molar-refractivity contribution < 1.29 is 9.90 Å². The van der Waals surface area contributed by atoms with Crippen molar-refractivity contribution in [3.63, 3.8) is 0 Å². The number of anilines is 2. The monoisotopic (exact) mass is 276 g/mol. The van der Waals surface area contributed by atoms with Crippen molar-refractivity contribution in [3.05, 3.63) is 23.8 Å². The topological polar surface area (TPSA) is 75.3 Å². The van der Waals surface area contributed by atoms with Gasteiger partial charge in [0.05, 0.1) is 5.56 Å². The predicted molar refractivity (Wildman–Crippen MR) is 82.1 cm³/mol. The zero-order chi connectivity index (χ0) is 14.5. The molecular formula is C16H24N2O2. The largest absolute Gasteiger partial charge is 0.478 e. The molecule has 0 bridgehead atoms. The second-order valence-electron chi connectivity index (χ2n) is 5.76. The highest BCUT2D eigenvalue weighted by Gasteiger charge is 2.20. The third kappa shape index (κ3) is 3.65. The van der Waals surface area contributed by atoms with Crippen LogP contribution in [0.4, 0.5) is 11.4 Å². The number of benzene rings is 1. The summed E-state index contributed by atoms with van der Waals surface area (Å²) in [4.78, 5) is 10.9. The van der Waals surface area contributed by atoms with Crippen molar-refractivity contribution in [2.75, 3.05) is 11.1 Å². The Labute approximate surface area is 120 Å². The van der Waals surface area contributed by atoms with Crippen LogP contribution in [0.5, 0.6) is 0 Å². The number of carboxylic acid groups (broad SMARTS) is 1. The minimum atomic E-state index is -0.978. The minimum absolute atomic E-state index is 0.169. The van der Waals surface area contributed by atoms with Gasteiger partial charge in [-0.25, -0.2) is 4.79 Å². The molecule has 0 saturated heterocycles. The molecule has 1 aliphatic carbocycles. The fourth-order valence-corrected chi connectivity index (χ4v) is 3.09. The van der Waals surface area contributed by atoms with Crippen LogP contribution in [0, 0.1) is 5.92 Å². The third-order valence-electron chi connectivity index (χ3n) is 4.20. The van der Waals surface area contributed by atoms with Gasteiger partial charge >= 0.3 is 5.97 Å². The summed E-state index contributed by atoms with van der Waals surface area (Å²) in [5.74, 6) is -0.0911. The van der Waals surface area contributed by atoms with Gasteiger partial charge in [0.25, 0.3) is 0 Å². The Bertz CT molecular complexity index is 466. The highest BCUT2D eigenvalue weighted by atomic mass is 16.4. The van der Waals surface area contributed by atoms with Crippen LogP contribution in [0.3, 0.4) is 0 Å². The molecule has 110 valence electrons. The van der Waals surface area contributed by atoms with Gasteiger partial charge in [0.1, 0.15) is 0 Å². The Morgan fingerprint density at radius 1 is 1.35 bits per heavy atom. The molecule has 20 heavy (non-hydrogen) atoms. The Balaban J connectivity index is 1.91. The van der Waals surface area contributed by atoms with E-state index in [0.717, 1.165) is 11.6 Å². The molecule has 4 nitrogen and oxygen atoms in total. The maximum Gasteiger partial charge on any atom is 0.337 e. The van der Waals surface area contributed by atoms with E-state index < -0.39 is 5.97 Å². The van der Waals surface area contributed by atoms with Gasteiger partial charge in [-0.1, -0.05) is 19.8 Å². The fourth-order valence-electron chi connectivity index (χ4n) is 3.09. The normalized spacial score (nSPS) is 22.4. The number of hydrogen-bond donors (Lipinski definition) is 3. The predicted octanol–water partition coefficient (Wildman–Crippen LogP) is 3.74. The Morgan fingerprint density at radius 3 is 2.60 bits per heavy atom. The first kappa shape index (κ1) is 14.7. The van der Waals surface area contributed by atoms with Gasteiger partial charge in [0.2, 0.25) is 0 Å². The van der Waals surface area contributed by atoms with Crippen molar-refractivity contribution in [3.8, 4) is 0 Å². The van der Waals surface area contributed by atoms with Crippen molar-refractivity contribution in [2.45, 2.75) is 51.5 Å². The molecule has 1 saturated carbocycles. The van der Waals surface area contributed by atoms with E-state index in [2.05, 4.69) is 12.2 Å². The molecule has 4 N–H and O–H groups in total. The number of aromatic carboxylic acids is 1. The second-order valence-corrected chi connectivity index (χ2v) is 5.76. The van der Waals surface area contributed by atoms with Gasteiger partial charge in [0, 0.05) is 17.4 Å². The molecule has 0 radical (unpaired) electrons. The zero-order valence-corrected chi connectivity index (χ0v) is 12.1. The van der Waals surface area contributed by atoms with Crippen LogP contribution in [0.15, 0.2) is 18.2 Å². The Hall–Kier alpha value is -1.71. The summed E-state index contributed by atoms with van der Waals surface area (Å²) in [6.07, 6.45) is 7.56. The van der Waals surface area contributed by atoms with Crippen LogP contribution in [0.25, 0.3) is 0 Å². The number of carbonyl (C=O) groups is 1. The average molecular weight is 276 g/mol. The first-order valence-corrected chi connectivity index (χ1v) is 7.49. The molecule has 0 aliphatic heterocycles. The standard InChI is InChI=1S/C16H24N2O2/c1-2-3-11-4-6-12(7-5-11)18-13-8-9-14(16(19)20)15(17)10-13/h8-12,18H,2-7,17H2,1H3,(H,19,20). The summed E-state index contributed by atoms with van der Waals surface area (Å²) in [6.45, 7) is 2.25. The van der Waals surface area contributed by atoms with E-state index in [9.17, 15) is 4.79 Å². The van der Waals surface area contributed by atoms with Gasteiger partial charge in [-0.2, -0.15) is 0 Å². The average Bonchev–Trinajstić information content (AvgIpc) is 2.41. The van der Waals surface area contributed by atoms with Gasteiger partial charge in [-0.3, -0.25) is 0 Å². The lowest BCUT2D eigenvalue weighted by Gasteiger charge is -2.29. The van der Waals surface area contributed by atoms with Crippen LogP contribution < -0.4 is 11.1 Å². The van der Waals surface area contributed by atoms with E-state index in [0.29, 0.717) is 11.7 Å². The van der Waals surface area contributed by atoms with Crippen LogP contribution in [-0.2, 0) is 0 Å². The molecule has 0 amide bonds. The Kier molecular flexibility index (Phi) is 4.88. The molecule has 0 heterocycles. The smallest absolute Gasteiger partial charge is 0.337 e. The first-order valence-electron chi connectivity index (χ1n) is 7.49. The lowest BCUT2D eigenvalue weighted by Crippen LogP contribution is -2.26. The molecule has 0 spiro atoms. The fraction of sp³-hybridized carbons (Fsp3) is 0.562. The van der Waals surface area contributed by atoms with Crippen LogP contribution in [0.2, 0.25) is 0 Å². The quantitative estimate of drug-likeness (QED) is 0.716. The third-order valence-corrected chi connectivity index (χ3v) is 4.20. The maximum absolute atomic E-state index is 10.9. The highest BCUT2D eigenvalue weighted by Crippen LogP contribution is 2.30. The van der Waals surface area contributed by atoms with E-state index in [-0.39, 0.29) is 5.56 Å². The number of carboxylic acids is 1. The van der Waals surface area contributed by atoms with E-state index in [1.165, 1.54) is 38.5 Å². The highest BCUT2D eigenvalue weighted by molar-refractivity contribution is 5.94. The Morgan fingerprint density at radius 2 is 2.05 bits per heavy atom. The number of nitrogen functional groups attached to an aromatic ring is 1. The summed E-state index contributed by atoms with van der Waals surface area (Å²) < 4.78 is 0. The molecule has 1 aliphatic rings. The number of nitrogens with one attached hydrogen (secondary N) is 1. The second kappa shape index (κ2) is 6.64. The molecule has 4 heteroatoms. The van der Waals surface area contributed by atoms with E-state index in [1.54, 1.807) is 18.2 Å². The molecule has 1 aromatic carbocycles. The minimum Gasteiger partial charge on any atom is -0.478 e. The summed E-state index contributed by atoms with van der Waals surface area (Å²) in [6, 6.07) is 5.58. The summed E-state index contributed by atoms with van der Waals surface area (Å²) in [5, 5.41) is 12.4. The number of rotatable bonds is 5. The van der Waals surface area contributed by atoms with E-state index in [1.807, 2.05) is 0 Å². The molecule has 0 unspecified atom stereocenters. The molecular weight excluding hydrogens is 252 g/mol. The van der Waals surface area contributed by atoms with Crippen LogP contribution >= 0.6 is 0 Å². The van der Waals surface area contributed by atoms with E-state index in [4.69, 9.17) is 10.8 Å². The van der Waals surface area contributed by atoms with Crippen molar-refractivity contribution in [1.29, 1.82) is 0 Å². The van der Waals surface area contributed by atoms with Crippen LogP contribution in [-0.4, -0.2) is 17.1 Å². The van der Waals surface area contributed by atoms with Gasteiger partial charge in [0.15, 0.2) is 0 Å². The SMILES string of the molecule is CCCC1CCC(Nc2ccc(C(=O)O)c(N)c2)CC1. The molecule has 1 aromatic rings. The van der Waals surface area contributed by atoms with Crippen molar-refractivity contribution in [1.82, 2.24) is 0 Å². The van der Waals surface area contributed by atoms with Crippen molar-refractivity contribution >= 4 is 17.3 Å². The summed E-state index contributed by atoms with van der Waals surface area (Å²) in [5.41, 5.74) is 7.18. The molecule has 0 atom stereocenters. The number of nitrogens with two attached hydrogens (primary N) is 1. The zero-order valence-electron chi connectivity index (χ0n) is 12.1. The lowest BCUT2D eigenvalue weighted by atomic mass is 9.83. The summed E-state index contributed by atoms with van der Waals surface area (Å²) >= 11 is 0. The maximum atomic E-state index is 10.9. The van der Waals surface area contributed by atoms with Crippen molar-refractivity contribution in [2.24, 2.45) is 5.92 Å². The molecule has 1 fully saturated rings. The molecule has 0 aromatic heterocycles. The van der Waals surface area contributed by atoms with Gasteiger partial charge < -0.3 is 16.2 Å². The van der Waals surface area contributed by atoms with E-state index >= 15 is 0 Å². The molecule has 2 rings (SSSR count). The number of hydrogen-bond acceptors (Lipinski definition) is 3. The summed E-state index contributed by atoms with van der Waals surface area (Å²) in [7, 11) is 0. The van der Waals surface area contributed by atoms with Gasteiger partial charge in [-0.15, -0.1) is 0 Å². The van der Waals surface area contributed by atoms with Crippen LogP contribution in [0.1, 0.15) is 55.8 Å². The lowest BCUT2D eigenvalue weighted by molar-refractivity contribution is 0.0698.